The Morgan fingerprint density at radius 2 is 1.96 bits per heavy atom. The standard InChI is InChI=1S/C17H12ClNO4S/c18-12-5-3-10(4-6-12)17-11(9-15(20)19-22)8-14(24-17)16(21)13-2-1-7-23-13/h1-8,22H,9H2,(H,19,20). The lowest BCUT2D eigenvalue weighted by Crippen LogP contribution is -2.20. The average Bonchev–Trinajstić information content (AvgIpc) is 3.25. The average molecular weight is 362 g/mol. The van der Waals surface area contributed by atoms with Gasteiger partial charge < -0.3 is 4.42 Å². The van der Waals surface area contributed by atoms with Gasteiger partial charge in [0, 0.05) is 9.90 Å². The molecule has 2 aromatic heterocycles. The Hall–Kier alpha value is -2.41. The van der Waals surface area contributed by atoms with Gasteiger partial charge in [-0.2, -0.15) is 0 Å². The normalized spacial score (nSPS) is 10.6. The van der Waals surface area contributed by atoms with Crippen molar-refractivity contribution >= 4 is 34.6 Å². The molecule has 1 amide bonds. The fourth-order valence-corrected chi connectivity index (χ4v) is 3.52. The van der Waals surface area contributed by atoms with Crippen LogP contribution >= 0.6 is 22.9 Å². The van der Waals surface area contributed by atoms with E-state index in [1.165, 1.54) is 17.6 Å². The number of hydrogen-bond acceptors (Lipinski definition) is 5. The van der Waals surface area contributed by atoms with Crippen LogP contribution in [-0.4, -0.2) is 16.9 Å². The molecule has 0 spiro atoms. The van der Waals surface area contributed by atoms with Gasteiger partial charge >= 0.3 is 0 Å². The number of nitrogens with one attached hydrogen (secondary N) is 1. The van der Waals surface area contributed by atoms with Crippen LogP contribution in [-0.2, 0) is 11.2 Å². The van der Waals surface area contributed by atoms with Gasteiger partial charge in [0.25, 0.3) is 0 Å². The third-order valence-electron chi connectivity index (χ3n) is 3.36. The summed E-state index contributed by atoms with van der Waals surface area (Å²) in [6.45, 7) is 0. The van der Waals surface area contributed by atoms with Crippen LogP contribution in [0, 0.1) is 0 Å². The lowest BCUT2D eigenvalue weighted by Gasteiger charge is -2.03. The first-order chi connectivity index (χ1) is 11.6. The van der Waals surface area contributed by atoms with E-state index >= 15 is 0 Å². The van der Waals surface area contributed by atoms with Crippen molar-refractivity contribution in [3.05, 3.63) is 70.0 Å². The maximum atomic E-state index is 12.5. The van der Waals surface area contributed by atoms with Crippen molar-refractivity contribution in [2.45, 2.75) is 6.42 Å². The molecule has 0 aliphatic carbocycles. The van der Waals surface area contributed by atoms with E-state index in [9.17, 15) is 9.59 Å². The number of ketones is 1. The molecule has 0 bridgehead atoms. The molecule has 7 heteroatoms. The quantitative estimate of drug-likeness (QED) is 0.410. The lowest BCUT2D eigenvalue weighted by molar-refractivity contribution is -0.128. The maximum absolute atomic E-state index is 12.5. The van der Waals surface area contributed by atoms with Crippen molar-refractivity contribution in [2.75, 3.05) is 0 Å². The number of carbonyl (C=O) groups is 2. The third kappa shape index (κ3) is 3.41. The predicted octanol–water partition coefficient (Wildman–Crippen LogP) is 3.94. The highest BCUT2D eigenvalue weighted by atomic mass is 35.5. The lowest BCUT2D eigenvalue weighted by atomic mass is 10.1. The zero-order chi connectivity index (χ0) is 17.1. The molecule has 0 atom stereocenters. The Bertz CT molecular complexity index is 869. The van der Waals surface area contributed by atoms with Crippen molar-refractivity contribution in [2.24, 2.45) is 0 Å². The van der Waals surface area contributed by atoms with Gasteiger partial charge in [-0.15, -0.1) is 11.3 Å². The number of furan rings is 1. The second-order valence-corrected chi connectivity index (χ2v) is 6.48. The summed E-state index contributed by atoms with van der Waals surface area (Å²) in [6, 6.07) is 12.0. The summed E-state index contributed by atoms with van der Waals surface area (Å²) in [5, 5.41) is 9.36. The number of halogens is 1. The number of amides is 1. The minimum absolute atomic E-state index is 0.0452. The van der Waals surface area contributed by atoms with Crippen LogP contribution in [0.3, 0.4) is 0 Å². The number of hydroxylamine groups is 1. The van der Waals surface area contributed by atoms with Crippen molar-refractivity contribution in [3.63, 3.8) is 0 Å². The second-order valence-electron chi connectivity index (χ2n) is 4.99. The Labute approximate surface area is 146 Å². The molecule has 1 aromatic carbocycles. The molecule has 5 nitrogen and oxygen atoms in total. The minimum Gasteiger partial charge on any atom is -0.461 e. The summed E-state index contributed by atoms with van der Waals surface area (Å²) >= 11 is 7.17. The highest BCUT2D eigenvalue weighted by Crippen LogP contribution is 2.35. The van der Waals surface area contributed by atoms with Crippen molar-refractivity contribution in [1.82, 2.24) is 5.48 Å². The predicted molar refractivity (Wildman–Crippen MR) is 90.5 cm³/mol. The van der Waals surface area contributed by atoms with Gasteiger partial charge in [0.15, 0.2) is 5.76 Å². The molecular formula is C17H12ClNO4S. The van der Waals surface area contributed by atoms with Crippen LogP contribution in [0.2, 0.25) is 5.02 Å². The molecule has 0 fully saturated rings. The first kappa shape index (κ1) is 16.4. The Morgan fingerprint density at radius 1 is 1.21 bits per heavy atom. The zero-order valence-corrected chi connectivity index (χ0v) is 13.9. The second kappa shape index (κ2) is 7.00. The number of rotatable bonds is 5. The number of carbonyl (C=O) groups excluding carboxylic acids is 2. The van der Waals surface area contributed by atoms with E-state index in [1.807, 2.05) is 12.1 Å². The van der Waals surface area contributed by atoms with Crippen molar-refractivity contribution in [1.29, 1.82) is 0 Å². The fraction of sp³-hybridized carbons (Fsp3) is 0.0588. The molecule has 0 saturated carbocycles. The molecule has 3 rings (SSSR count). The van der Waals surface area contributed by atoms with Gasteiger partial charge in [-0.1, -0.05) is 23.7 Å². The van der Waals surface area contributed by atoms with E-state index in [2.05, 4.69) is 0 Å². The van der Waals surface area contributed by atoms with Gasteiger partial charge in [0.1, 0.15) is 0 Å². The van der Waals surface area contributed by atoms with Crippen LogP contribution in [0.5, 0.6) is 0 Å². The Morgan fingerprint density at radius 3 is 2.58 bits per heavy atom. The Balaban J connectivity index is 2.03. The molecule has 0 unspecified atom stereocenters. The summed E-state index contributed by atoms with van der Waals surface area (Å²) in [4.78, 5) is 25.2. The monoisotopic (exact) mass is 361 g/mol. The van der Waals surface area contributed by atoms with Crippen LogP contribution in [0.15, 0.2) is 53.1 Å². The minimum atomic E-state index is -0.556. The number of benzene rings is 1. The van der Waals surface area contributed by atoms with Crippen LogP contribution in [0.4, 0.5) is 0 Å². The summed E-state index contributed by atoms with van der Waals surface area (Å²) in [7, 11) is 0. The van der Waals surface area contributed by atoms with E-state index < -0.39 is 5.91 Å². The van der Waals surface area contributed by atoms with Gasteiger partial charge in [0.2, 0.25) is 11.7 Å². The van der Waals surface area contributed by atoms with E-state index in [0.717, 1.165) is 10.4 Å². The largest absolute Gasteiger partial charge is 0.461 e. The van der Waals surface area contributed by atoms with E-state index in [1.54, 1.807) is 35.8 Å². The summed E-state index contributed by atoms with van der Waals surface area (Å²) in [6.07, 6.45) is 1.39. The van der Waals surface area contributed by atoms with Crippen molar-refractivity contribution in [3.8, 4) is 10.4 Å². The summed E-state index contributed by atoms with van der Waals surface area (Å²) < 4.78 is 5.14. The van der Waals surface area contributed by atoms with E-state index in [0.29, 0.717) is 15.5 Å². The summed E-state index contributed by atoms with van der Waals surface area (Å²) in [5.74, 6) is -0.576. The van der Waals surface area contributed by atoms with Crippen LogP contribution < -0.4 is 5.48 Å². The topological polar surface area (TPSA) is 79.5 Å². The van der Waals surface area contributed by atoms with E-state index in [-0.39, 0.29) is 18.0 Å². The van der Waals surface area contributed by atoms with Crippen LogP contribution in [0.1, 0.15) is 21.0 Å². The molecule has 0 aliphatic heterocycles. The van der Waals surface area contributed by atoms with Crippen molar-refractivity contribution < 1.29 is 19.2 Å². The first-order valence-electron chi connectivity index (χ1n) is 6.98. The highest BCUT2D eigenvalue weighted by molar-refractivity contribution is 7.17. The summed E-state index contributed by atoms with van der Waals surface area (Å²) in [5.41, 5.74) is 3.09. The molecule has 0 aliphatic rings. The molecular weight excluding hydrogens is 350 g/mol. The maximum Gasteiger partial charge on any atom is 0.247 e. The highest BCUT2D eigenvalue weighted by Gasteiger charge is 2.20. The van der Waals surface area contributed by atoms with Gasteiger partial charge in [0.05, 0.1) is 17.6 Å². The molecule has 0 saturated heterocycles. The molecule has 2 heterocycles. The van der Waals surface area contributed by atoms with E-state index in [4.69, 9.17) is 21.2 Å². The van der Waals surface area contributed by atoms with Gasteiger partial charge in [-0.3, -0.25) is 14.8 Å². The van der Waals surface area contributed by atoms with Gasteiger partial charge in [-0.05, 0) is 41.5 Å². The zero-order valence-electron chi connectivity index (χ0n) is 12.3. The number of hydrogen-bond donors (Lipinski definition) is 2. The molecule has 3 aromatic rings. The third-order valence-corrected chi connectivity index (χ3v) is 4.84. The SMILES string of the molecule is O=C(Cc1cc(C(=O)c2ccco2)sc1-c1ccc(Cl)cc1)NO. The molecule has 24 heavy (non-hydrogen) atoms. The first-order valence-corrected chi connectivity index (χ1v) is 8.17. The Kier molecular flexibility index (Phi) is 4.80. The molecule has 0 radical (unpaired) electrons. The smallest absolute Gasteiger partial charge is 0.247 e. The van der Waals surface area contributed by atoms with Crippen LogP contribution in [0.25, 0.3) is 10.4 Å². The molecule has 122 valence electrons. The number of thiophene rings is 1. The van der Waals surface area contributed by atoms with Gasteiger partial charge in [-0.25, -0.2) is 5.48 Å². The molecule has 2 N–H and O–H groups in total. The fourth-order valence-electron chi connectivity index (χ4n) is 2.26.